The van der Waals surface area contributed by atoms with Gasteiger partial charge < -0.3 is 20.4 Å². The Balaban J connectivity index is 1.10. The number of carbonyl (C=O) groups is 2. The monoisotopic (exact) mass is 662 g/mol. The van der Waals surface area contributed by atoms with Crippen molar-refractivity contribution >= 4 is 29.1 Å². The van der Waals surface area contributed by atoms with E-state index in [1.807, 2.05) is 59.2 Å². The molecule has 3 aromatic rings. The van der Waals surface area contributed by atoms with Crippen LogP contribution in [0.5, 0.6) is 0 Å². The molecule has 0 spiro atoms. The molecule has 0 aliphatic carbocycles. The van der Waals surface area contributed by atoms with Crippen molar-refractivity contribution in [1.82, 2.24) is 34.4 Å². The molecule has 0 bridgehead atoms. The van der Waals surface area contributed by atoms with Crippen molar-refractivity contribution in [3.05, 3.63) is 69.1 Å². The van der Waals surface area contributed by atoms with Gasteiger partial charge in [0.1, 0.15) is 0 Å². The molecule has 0 saturated carbocycles. The molecule has 1 aromatic heterocycles. The summed E-state index contributed by atoms with van der Waals surface area (Å²) in [5, 5.41) is 5.04. The highest BCUT2D eigenvalue weighted by molar-refractivity contribution is 6.33. The molecule has 0 radical (unpaired) electrons. The minimum atomic E-state index is -0.498. The molecule has 1 atom stereocenters. The number of benzene rings is 2. The Kier molecular flexibility index (Phi) is 10.3. The van der Waals surface area contributed by atoms with E-state index < -0.39 is 5.92 Å². The van der Waals surface area contributed by atoms with Gasteiger partial charge in [0.2, 0.25) is 11.8 Å². The van der Waals surface area contributed by atoms with E-state index in [1.54, 1.807) is 0 Å². The smallest absolute Gasteiger partial charge is 0.343 e. The SMILES string of the molecule is Cc1cc(C[C@@H](CC(=O)N2CCC(n3nc(-c4ccccc4)[nH]c3=O)CC2)C(=O)N2CCC(N3CCN(C)CC3)CC2)cc(Cl)c1N. The van der Waals surface area contributed by atoms with Crippen molar-refractivity contribution in [1.29, 1.82) is 0 Å². The van der Waals surface area contributed by atoms with Gasteiger partial charge in [0.25, 0.3) is 0 Å². The van der Waals surface area contributed by atoms with Gasteiger partial charge in [-0.1, -0.05) is 48.0 Å². The molecular formula is C35H47ClN8O3. The molecule has 12 heteroatoms. The number of rotatable bonds is 8. The fraction of sp³-hybridized carbons (Fsp3) is 0.543. The second kappa shape index (κ2) is 14.6. The summed E-state index contributed by atoms with van der Waals surface area (Å²) in [6.07, 6.45) is 3.70. The third-order valence-corrected chi connectivity index (χ3v) is 10.6. The molecule has 252 valence electrons. The zero-order chi connectivity index (χ0) is 33.1. The van der Waals surface area contributed by atoms with Crippen LogP contribution < -0.4 is 11.4 Å². The average Bonchev–Trinajstić information content (AvgIpc) is 3.48. The maximum Gasteiger partial charge on any atom is 0.343 e. The van der Waals surface area contributed by atoms with Gasteiger partial charge >= 0.3 is 5.69 Å². The summed E-state index contributed by atoms with van der Waals surface area (Å²) < 4.78 is 1.52. The Bertz CT molecular complexity index is 1580. The number of H-pyrrole nitrogens is 1. The van der Waals surface area contributed by atoms with E-state index in [0.29, 0.717) is 68.0 Å². The largest absolute Gasteiger partial charge is 0.397 e. The highest BCUT2D eigenvalue weighted by atomic mass is 35.5. The van der Waals surface area contributed by atoms with Gasteiger partial charge in [0, 0.05) is 70.4 Å². The van der Waals surface area contributed by atoms with Crippen LogP contribution in [0.1, 0.15) is 49.3 Å². The van der Waals surface area contributed by atoms with Crippen molar-refractivity contribution in [3.63, 3.8) is 0 Å². The summed E-state index contributed by atoms with van der Waals surface area (Å²) in [5.41, 5.74) is 9.03. The normalized spacial score (nSPS) is 19.6. The van der Waals surface area contributed by atoms with Crippen molar-refractivity contribution in [2.75, 3.05) is 65.1 Å². The number of carbonyl (C=O) groups excluding carboxylic acids is 2. The molecule has 3 N–H and O–H groups in total. The Morgan fingerprint density at radius 3 is 2.23 bits per heavy atom. The topological polar surface area (TPSA) is 124 Å². The van der Waals surface area contributed by atoms with Gasteiger partial charge in [-0.2, -0.15) is 0 Å². The third kappa shape index (κ3) is 7.74. The third-order valence-electron chi connectivity index (χ3n) is 10.3. The zero-order valence-corrected chi connectivity index (χ0v) is 28.3. The predicted octanol–water partition coefficient (Wildman–Crippen LogP) is 3.43. The second-order valence-electron chi connectivity index (χ2n) is 13.5. The zero-order valence-electron chi connectivity index (χ0n) is 27.5. The number of aromatic nitrogens is 3. The molecular weight excluding hydrogens is 616 g/mol. The number of piperidine rings is 2. The number of hydrogen-bond acceptors (Lipinski definition) is 7. The van der Waals surface area contributed by atoms with Crippen LogP contribution in [-0.4, -0.2) is 112 Å². The van der Waals surface area contributed by atoms with Gasteiger partial charge in [-0.25, -0.2) is 9.48 Å². The molecule has 2 aromatic carbocycles. The quantitative estimate of drug-likeness (QED) is 0.354. The number of aromatic amines is 1. The summed E-state index contributed by atoms with van der Waals surface area (Å²) in [7, 11) is 2.17. The van der Waals surface area contributed by atoms with Crippen LogP contribution in [0.3, 0.4) is 0 Å². The molecule has 6 rings (SSSR count). The lowest BCUT2D eigenvalue weighted by Crippen LogP contribution is -2.53. The van der Waals surface area contributed by atoms with Crippen LogP contribution in [0.25, 0.3) is 11.4 Å². The molecule has 47 heavy (non-hydrogen) atoms. The van der Waals surface area contributed by atoms with E-state index in [1.165, 1.54) is 4.68 Å². The van der Waals surface area contributed by atoms with Gasteiger partial charge in [-0.05, 0) is 63.3 Å². The Hall–Kier alpha value is -3.67. The highest BCUT2D eigenvalue weighted by Gasteiger charge is 2.34. The maximum atomic E-state index is 14.1. The van der Waals surface area contributed by atoms with E-state index in [0.717, 1.165) is 55.7 Å². The molecule has 3 saturated heterocycles. The lowest BCUT2D eigenvalue weighted by atomic mass is 9.91. The number of anilines is 1. The average molecular weight is 663 g/mol. The fourth-order valence-electron chi connectivity index (χ4n) is 7.38. The van der Waals surface area contributed by atoms with E-state index in [4.69, 9.17) is 17.3 Å². The van der Waals surface area contributed by atoms with Crippen molar-refractivity contribution in [3.8, 4) is 11.4 Å². The van der Waals surface area contributed by atoms with Crippen LogP contribution in [0, 0.1) is 12.8 Å². The Morgan fingerprint density at radius 2 is 1.57 bits per heavy atom. The Morgan fingerprint density at radius 1 is 0.936 bits per heavy atom. The first kappa shape index (κ1) is 33.2. The van der Waals surface area contributed by atoms with Crippen LogP contribution in [-0.2, 0) is 16.0 Å². The number of nitrogens with zero attached hydrogens (tertiary/aromatic N) is 6. The van der Waals surface area contributed by atoms with Gasteiger partial charge in [0.05, 0.1) is 22.7 Å². The number of nitrogens with two attached hydrogens (primary N) is 1. The molecule has 3 fully saturated rings. The summed E-state index contributed by atoms with van der Waals surface area (Å²) in [4.78, 5) is 52.3. The summed E-state index contributed by atoms with van der Waals surface area (Å²) in [6, 6.07) is 13.8. The fourth-order valence-corrected chi connectivity index (χ4v) is 7.67. The number of likely N-dealkylation sites (tertiary alicyclic amines) is 2. The minimum absolute atomic E-state index is 0.0344. The predicted molar refractivity (Wildman–Crippen MR) is 184 cm³/mol. The standard InChI is InChI=1S/C35H47ClN8O3/c1-24-20-25(22-30(36)32(24)37)21-27(34(46)43-14-8-28(9-15-43)41-18-16-40(2)17-19-41)23-31(45)42-12-10-29(11-13-42)44-35(47)38-33(39-44)26-6-4-3-5-7-26/h3-7,20,22,27-29H,8-19,21,23,37H2,1-2H3,(H,38,39,47)/t27-/m0/s1. The molecule has 3 aliphatic rings. The van der Waals surface area contributed by atoms with E-state index in [2.05, 4.69) is 26.9 Å². The van der Waals surface area contributed by atoms with E-state index in [9.17, 15) is 14.4 Å². The molecule has 11 nitrogen and oxygen atoms in total. The number of halogens is 1. The highest BCUT2D eigenvalue weighted by Crippen LogP contribution is 2.29. The van der Waals surface area contributed by atoms with Gasteiger partial charge in [-0.3, -0.25) is 19.5 Å². The maximum absolute atomic E-state index is 14.1. The van der Waals surface area contributed by atoms with Crippen molar-refractivity contribution in [2.24, 2.45) is 5.92 Å². The molecule has 3 aliphatic heterocycles. The van der Waals surface area contributed by atoms with Crippen LogP contribution in [0.4, 0.5) is 5.69 Å². The Labute approximate surface area is 281 Å². The molecule has 0 unspecified atom stereocenters. The summed E-state index contributed by atoms with van der Waals surface area (Å²) in [6.45, 7) is 8.64. The molecule has 4 heterocycles. The van der Waals surface area contributed by atoms with E-state index in [-0.39, 0.29) is 30.0 Å². The van der Waals surface area contributed by atoms with Gasteiger partial charge in [0.15, 0.2) is 5.82 Å². The van der Waals surface area contributed by atoms with Crippen LogP contribution in [0.2, 0.25) is 5.02 Å². The first-order valence-electron chi connectivity index (χ1n) is 16.9. The van der Waals surface area contributed by atoms with Crippen LogP contribution >= 0.6 is 11.6 Å². The lowest BCUT2D eigenvalue weighted by Gasteiger charge is -2.42. The molecule has 2 amide bonds. The van der Waals surface area contributed by atoms with Gasteiger partial charge in [-0.15, -0.1) is 5.10 Å². The van der Waals surface area contributed by atoms with E-state index >= 15 is 0 Å². The first-order chi connectivity index (χ1) is 22.7. The van der Waals surface area contributed by atoms with Crippen molar-refractivity contribution < 1.29 is 9.59 Å². The second-order valence-corrected chi connectivity index (χ2v) is 13.9. The number of nitrogen functional groups attached to an aromatic ring is 1. The minimum Gasteiger partial charge on any atom is -0.397 e. The number of aryl methyl sites for hydroxylation is 1. The number of piperazine rings is 1. The van der Waals surface area contributed by atoms with Crippen LogP contribution in [0.15, 0.2) is 47.3 Å². The number of hydrogen-bond donors (Lipinski definition) is 2. The lowest BCUT2D eigenvalue weighted by molar-refractivity contribution is -0.143. The number of nitrogens with one attached hydrogen (secondary N) is 1. The van der Waals surface area contributed by atoms with Crippen molar-refractivity contribution in [2.45, 2.75) is 57.5 Å². The number of likely N-dealkylation sites (N-methyl/N-ethyl adjacent to an activating group) is 1. The summed E-state index contributed by atoms with van der Waals surface area (Å²) >= 11 is 6.43. The number of amides is 2. The first-order valence-corrected chi connectivity index (χ1v) is 17.3. The summed E-state index contributed by atoms with van der Waals surface area (Å²) in [5.74, 6) is 0.0434.